The summed E-state index contributed by atoms with van der Waals surface area (Å²) in [6.07, 6.45) is 4.56. The molecule has 0 saturated carbocycles. The Bertz CT molecular complexity index is 1090. The number of nitrogens with zero attached hydrogens (tertiary/aromatic N) is 4. The van der Waals surface area contributed by atoms with Crippen molar-refractivity contribution >= 4 is 23.2 Å². The fourth-order valence-corrected chi connectivity index (χ4v) is 4.31. The molecule has 0 atom stereocenters. The third-order valence-electron chi connectivity index (χ3n) is 6.01. The molecule has 3 aromatic rings. The van der Waals surface area contributed by atoms with Crippen LogP contribution in [0.5, 0.6) is 5.75 Å². The first-order chi connectivity index (χ1) is 16.1. The zero-order chi connectivity index (χ0) is 22.8. The van der Waals surface area contributed by atoms with Crippen LogP contribution >= 0.6 is 0 Å². The zero-order valence-electron chi connectivity index (χ0n) is 19.0. The van der Waals surface area contributed by atoms with E-state index in [0.717, 1.165) is 44.0 Å². The largest absolute Gasteiger partial charge is 0.486 e. The molecular weight excluding hydrogens is 423 g/mol. The van der Waals surface area contributed by atoms with Crippen LogP contribution in [0.3, 0.4) is 0 Å². The van der Waals surface area contributed by atoms with Gasteiger partial charge in [0.25, 0.3) is 0 Å². The Balaban J connectivity index is 1.32. The summed E-state index contributed by atoms with van der Waals surface area (Å²) in [5.41, 5.74) is 2.44. The van der Waals surface area contributed by atoms with Crippen molar-refractivity contribution < 1.29 is 13.5 Å². The summed E-state index contributed by atoms with van der Waals surface area (Å²) in [5, 5.41) is 6.50. The number of aromatic nitrogens is 2. The van der Waals surface area contributed by atoms with Crippen LogP contribution in [0.4, 0.5) is 27.6 Å². The number of oxazole rings is 1. The molecule has 9 heteroatoms. The normalized spacial score (nSPS) is 16.4. The third-order valence-corrected chi connectivity index (χ3v) is 6.01. The predicted molar refractivity (Wildman–Crippen MR) is 127 cm³/mol. The SMILES string of the molecule is CC(C)N1CCOc2c(F)cc(-c3cnc(Nc4ccc(N5CCCNCC5)cn4)o3)cc21. The molecule has 1 saturated heterocycles. The van der Waals surface area contributed by atoms with E-state index in [0.29, 0.717) is 42.1 Å². The Morgan fingerprint density at radius 1 is 1.09 bits per heavy atom. The van der Waals surface area contributed by atoms with Gasteiger partial charge in [0.1, 0.15) is 12.4 Å². The Labute approximate surface area is 192 Å². The summed E-state index contributed by atoms with van der Waals surface area (Å²) < 4.78 is 26.2. The molecule has 4 heterocycles. The molecule has 0 radical (unpaired) electrons. The predicted octanol–water partition coefficient (Wildman–Crippen LogP) is 4.03. The highest BCUT2D eigenvalue weighted by molar-refractivity contribution is 5.71. The molecule has 0 amide bonds. The van der Waals surface area contributed by atoms with Crippen LogP contribution in [0.1, 0.15) is 20.3 Å². The fourth-order valence-electron chi connectivity index (χ4n) is 4.31. The van der Waals surface area contributed by atoms with Crippen LogP contribution in [-0.2, 0) is 0 Å². The summed E-state index contributed by atoms with van der Waals surface area (Å²) in [5.74, 6) is 0.999. The van der Waals surface area contributed by atoms with E-state index in [-0.39, 0.29) is 6.04 Å². The van der Waals surface area contributed by atoms with Gasteiger partial charge in [-0.2, -0.15) is 0 Å². The van der Waals surface area contributed by atoms with Crippen molar-refractivity contribution in [2.24, 2.45) is 0 Å². The van der Waals surface area contributed by atoms with E-state index in [1.807, 2.05) is 24.4 Å². The topological polar surface area (TPSA) is 78.7 Å². The van der Waals surface area contributed by atoms with Gasteiger partial charge in [-0.1, -0.05) is 0 Å². The van der Waals surface area contributed by atoms with Crippen molar-refractivity contribution in [3.8, 4) is 17.1 Å². The second kappa shape index (κ2) is 9.27. The minimum atomic E-state index is -0.403. The Morgan fingerprint density at radius 3 is 2.82 bits per heavy atom. The van der Waals surface area contributed by atoms with Gasteiger partial charge in [-0.3, -0.25) is 5.32 Å². The molecule has 2 N–H and O–H groups in total. The maximum Gasteiger partial charge on any atom is 0.300 e. The molecule has 8 nitrogen and oxygen atoms in total. The van der Waals surface area contributed by atoms with Crippen LogP contribution in [0, 0.1) is 5.82 Å². The Hall–Kier alpha value is -3.33. The summed E-state index contributed by atoms with van der Waals surface area (Å²) in [7, 11) is 0. The maximum absolute atomic E-state index is 14.8. The number of pyridine rings is 1. The molecule has 1 fully saturated rings. The van der Waals surface area contributed by atoms with E-state index in [4.69, 9.17) is 9.15 Å². The smallest absolute Gasteiger partial charge is 0.300 e. The molecule has 0 unspecified atom stereocenters. The minimum absolute atomic E-state index is 0.230. The lowest BCUT2D eigenvalue weighted by molar-refractivity contribution is 0.287. The first-order valence-corrected chi connectivity index (χ1v) is 11.5. The van der Waals surface area contributed by atoms with Gasteiger partial charge in [0, 0.05) is 31.2 Å². The van der Waals surface area contributed by atoms with E-state index in [1.54, 1.807) is 6.20 Å². The number of hydrogen-bond donors (Lipinski definition) is 2. The summed E-state index contributed by atoms with van der Waals surface area (Å²) in [4.78, 5) is 13.3. The Morgan fingerprint density at radius 2 is 2.00 bits per heavy atom. The molecule has 0 spiro atoms. The summed E-state index contributed by atoms with van der Waals surface area (Å²) >= 11 is 0. The molecule has 0 aliphatic carbocycles. The van der Waals surface area contributed by atoms with E-state index >= 15 is 0 Å². The van der Waals surface area contributed by atoms with Gasteiger partial charge < -0.3 is 24.3 Å². The summed E-state index contributed by atoms with van der Waals surface area (Å²) in [6.45, 7) is 9.35. The number of halogens is 1. The van der Waals surface area contributed by atoms with Gasteiger partial charge in [-0.25, -0.2) is 14.4 Å². The van der Waals surface area contributed by atoms with Crippen molar-refractivity contribution in [1.82, 2.24) is 15.3 Å². The number of ether oxygens (including phenoxy) is 1. The average molecular weight is 453 g/mol. The molecule has 2 aliphatic heterocycles. The quantitative estimate of drug-likeness (QED) is 0.601. The van der Waals surface area contributed by atoms with Crippen LogP contribution in [0.15, 0.2) is 41.1 Å². The number of anilines is 4. The highest BCUT2D eigenvalue weighted by Crippen LogP contribution is 2.39. The van der Waals surface area contributed by atoms with Crippen molar-refractivity contribution in [2.45, 2.75) is 26.3 Å². The lowest BCUT2D eigenvalue weighted by Crippen LogP contribution is -2.38. The lowest BCUT2D eigenvalue weighted by Gasteiger charge is -2.34. The fraction of sp³-hybridized carbons (Fsp3) is 0.417. The maximum atomic E-state index is 14.8. The van der Waals surface area contributed by atoms with Gasteiger partial charge in [0.15, 0.2) is 17.3 Å². The Kier molecular flexibility index (Phi) is 6.04. The summed E-state index contributed by atoms with van der Waals surface area (Å²) in [6, 6.07) is 7.81. The van der Waals surface area contributed by atoms with Crippen molar-refractivity contribution in [2.75, 3.05) is 54.4 Å². The number of nitrogens with one attached hydrogen (secondary N) is 2. The van der Waals surface area contributed by atoms with Crippen LogP contribution in [0.25, 0.3) is 11.3 Å². The van der Waals surface area contributed by atoms with Crippen molar-refractivity contribution in [3.05, 3.63) is 42.5 Å². The van der Waals surface area contributed by atoms with Gasteiger partial charge >= 0.3 is 6.01 Å². The number of hydrogen-bond acceptors (Lipinski definition) is 8. The standard InChI is InChI=1S/C24H29FN6O2/c1-16(2)31-10-11-32-23-19(25)12-17(13-20(23)31)21-15-28-24(33-21)29-22-5-4-18(14-27-22)30-8-3-6-26-7-9-30/h4-5,12-16,26H,3,6-11H2,1-2H3,(H,27,28,29). The molecule has 0 bridgehead atoms. The van der Waals surface area contributed by atoms with E-state index < -0.39 is 5.82 Å². The number of benzene rings is 1. The zero-order valence-corrected chi connectivity index (χ0v) is 19.0. The minimum Gasteiger partial charge on any atom is -0.486 e. The van der Waals surface area contributed by atoms with Crippen molar-refractivity contribution in [1.29, 1.82) is 0 Å². The van der Waals surface area contributed by atoms with Crippen LogP contribution in [0.2, 0.25) is 0 Å². The van der Waals surface area contributed by atoms with Gasteiger partial charge in [0.05, 0.1) is 30.3 Å². The second-order valence-electron chi connectivity index (χ2n) is 8.59. The van der Waals surface area contributed by atoms with Gasteiger partial charge in [-0.15, -0.1) is 0 Å². The molecule has 174 valence electrons. The monoisotopic (exact) mass is 452 g/mol. The highest BCUT2D eigenvalue weighted by atomic mass is 19.1. The average Bonchev–Trinajstić information content (AvgIpc) is 3.11. The van der Waals surface area contributed by atoms with Gasteiger partial charge in [0.2, 0.25) is 0 Å². The first-order valence-electron chi connectivity index (χ1n) is 11.5. The highest BCUT2D eigenvalue weighted by Gasteiger charge is 2.25. The third kappa shape index (κ3) is 4.59. The number of fused-ring (bicyclic) bond motifs is 1. The second-order valence-corrected chi connectivity index (χ2v) is 8.59. The van der Waals surface area contributed by atoms with E-state index in [9.17, 15) is 4.39 Å². The molecule has 33 heavy (non-hydrogen) atoms. The van der Waals surface area contributed by atoms with Crippen LogP contribution in [-0.4, -0.2) is 55.3 Å². The molecule has 2 aliphatic rings. The van der Waals surface area contributed by atoms with Gasteiger partial charge in [-0.05, 0) is 51.1 Å². The van der Waals surface area contributed by atoms with Crippen LogP contribution < -0.4 is 25.2 Å². The molecular formula is C24H29FN6O2. The number of rotatable bonds is 5. The van der Waals surface area contributed by atoms with E-state index in [2.05, 4.69) is 44.2 Å². The first kappa shape index (κ1) is 21.5. The lowest BCUT2D eigenvalue weighted by atomic mass is 10.1. The van der Waals surface area contributed by atoms with Crippen molar-refractivity contribution in [3.63, 3.8) is 0 Å². The molecule has 1 aromatic carbocycles. The van der Waals surface area contributed by atoms with E-state index in [1.165, 1.54) is 6.07 Å². The molecule has 5 rings (SSSR count). The molecule has 2 aromatic heterocycles.